The van der Waals surface area contributed by atoms with Crippen LogP contribution in [0, 0.1) is 12.8 Å². The quantitative estimate of drug-likeness (QED) is 0.748. The topological polar surface area (TPSA) is 12.0 Å². The van der Waals surface area contributed by atoms with Gasteiger partial charge in [-0.05, 0) is 36.4 Å². The predicted molar refractivity (Wildman–Crippen MR) is 58.9 cm³/mol. The first-order chi connectivity index (χ1) is 6.33. The van der Waals surface area contributed by atoms with Crippen molar-refractivity contribution in [3.63, 3.8) is 0 Å². The number of hydrogen-bond donors (Lipinski definition) is 1. The number of alkyl halides is 1. The van der Waals surface area contributed by atoms with Gasteiger partial charge in [-0.15, -0.1) is 22.9 Å². The first kappa shape index (κ1) is 9.50. The van der Waals surface area contributed by atoms with Gasteiger partial charge in [-0.2, -0.15) is 0 Å². The highest BCUT2D eigenvalue weighted by Gasteiger charge is 2.29. The molecule has 1 aromatic heterocycles. The molecule has 0 radical (unpaired) electrons. The summed E-state index contributed by atoms with van der Waals surface area (Å²) >= 11 is 7.80. The third kappa shape index (κ3) is 1.76. The van der Waals surface area contributed by atoms with Gasteiger partial charge in [-0.1, -0.05) is 0 Å². The molecule has 3 heteroatoms. The summed E-state index contributed by atoms with van der Waals surface area (Å²) < 4.78 is 0. The maximum atomic E-state index is 5.94. The Hall–Kier alpha value is -0.0500. The van der Waals surface area contributed by atoms with Crippen LogP contribution in [-0.4, -0.2) is 19.0 Å². The molecule has 2 atom stereocenters. The van der Waals surface area contributed by atoms with Crippen molar-refractivity contribution in [2.24, 2.45) is 5.92 Å². The van der Waals surface area contributed by atoms with Crippen LogP contribution in [0.3, 0.4) is 0 Å². The highest BCUT2D eigenvalue weighted by Crippen LogP contribution is 2.34. The fourth-order valence-electron chi connectivity index (χ4n) is 1.97. The average Bonchev–Trinajstić information content (AvgIpc) is 2.71. The van der Waals surface area contributed by atoms with Gasteiger partial charge < -0.3 is 5.32 Å². The third-order valence-electron chi connectivity index (χ3n) is 2.78. The second-order valence-corrected chi connectivity index (χ2v) is 4.90. The molecule has 13 heavy (non-hydrogen) atoms. The molecule has 0 aliphatic carbocycles. The van der Waals surface area contributed by atoms with Gasteiger partial charge in [-0.3, -0.25) is 0 Å². The van der Waals surface area contributed by atoms with E-state index in [0.717, 1.165) is 19.0 Å². The minimum Gasteiger partial charge on any atom is -0.316 e. The molecule has 1 N–H and O–H groups in total. The normalized spacial score (nSPS) is 28.2. The van der Waals surface area contributed by atoms with Gasteiger partial charge in [0.15, 0.2) is 0 Å². The lowest BCUT2D eigenvalue weighted by Gasteiger charge is -2.15. The Balaban J connectivity index is 2.20. The van der Waals surface area contributed by atoms with Gasteiger partial charge >= 0.3 is 0 Å². The molecule has 2 rings (SSSR count). The molecule has 1 aromatic rings. The van der Waals surface area contributed by atoms with Gasteiger partial charge in [0.1, 0.15) is 0 Å². The van der Waals surface area contributed by atoms with E-state index in [9.17, 15) is 0 Å². The fourth-order valence-corrected chi connectivity index (χ4v) is 3.41. The summed E-state index contributed by atoms with van der Waals surface area (Å²) in [6, 6.07) is 2.20. The van der Waals surface area contributed by atoms with Crippen LogP contribution in [0.4, 0.5) is 0 Å². The van der Waals surface area contributed by atoms with Crippen LogP contribution in [0.2, 0.25) is 0 Å². The Morgan fingerprint density at radius 1 is 1.62 bits per heavy atom. The Bertz CT molecular complexity index is 284. The summed E-state index contributed by atoms with van der Waals surface area (Å²) in [5.41, 5.74) is 1.42. The summed E-state index contributed by atoms with van der Waals surface area (Å²) in [5, 5.41) is 5.59. The van der Waals surface area contributed by atoms with Crippen LogP contribution in [0.15, 0.2) is 11.4 Å². The molecule has 1 aliphatic rings. The van der Waals surface area contributed by atoms with Gasteiger partial charge in [0, 0.05) is 23.2 Å². The van der Waals surface area contributed by atoms with Crippen LogP contribution >= 0.6 is 22.9 Å². The largest absolute Gasteiger partial charge is 0.316 e. The molecule has 0 aromatic carbocycles. The van der Waals surface area contributed by atoms with Crippen molar-refractivity contribution in [1.82, 2.24) is 5.32 Å². The van der Waals surface area contributed by atoms with Crippen LogP contribution in [-0.2, 0) is 0 Å². The molecule has 0 amide bonds. The van der Waals surface area contributed by atoms with Gasteiger partial charge in [0.25, 0.3) is 0 Å². The third-order valence-corrected chi connectivity index (χ3v) is 4.32. The standard InChI is InChI=1S/C10H14ClNS/c1-7-2-3-13-10(7)9-6-12-5-8(9)4-11/h2-3,8-9,12H,4-6H2,1H3. The molecule has 1 saturated heterocycles. The van der Waals surface area contributed by atoms with Crippen LogP contribution < -0.4 is 5.32 Å². The average molecular weight is 216 g/mol. The lowest BCUT2D eigenvalue weighted by Crippen LogP contribution is -2.11. The molecule has 2 unspecified atom stereocenters. The SMILES string of the molecule is Cc1ccsc1C1CNCC1CCl. The van der Waals surface area contributed by atoms with E-state index in [1.165, 1.54) is 10.4 Å². The number of nitrogens with one attached hydrogen (secondary N) is 1. The zero-order chi connectivity index (χ0) is 9.26. The smallest absolute Gasteiger partial charge is 0.0270 e. The number of aryl methyl sites for hydroxylation is 1. The first-order valence-corrected chi connectivity index (χ1v) is 6.05. The Morgan fingerprint density at radius 2 is 2.46 bits per heavy atom. The summed E-state index contributed by atoms with van der Waals surface area (Å²) in [6.07, 6.45) is 0. The van der Waals surface area contributed by atoms with Crippen molar-refractivity contribution >= 4 is 22.9 Å². The highest BCUT2D eigenvalue weighted by molar-refractivity contribution is 7.10. The van der Waals surface area contributed by atoms with E-state index in [2.05, 4.69) is 23.7 Å². The van der Waals surface area contributed by atoms with E-state index < -0.39 is 0 Å². The van der Waals surface area contributed by atoms with Crippen molar-refractivity contribution in [3.05, 3.63) is 21.9 Å². The first-order valence-electron chi connectivity index (χ1n) is 4.63. The summed E-state index contributed by atoms with van der Waals surface area (Å²) in [6.45, 7) is 4.36. The van der Waals surface area contributed by atoms with E-state index in [-0.39, 0.29) is 0 Å². The van der Waals surface area contributed by atoms with Gasteiger partial charge in [-0.25, -0.2) is 0 Å². The van der Waals surface area contributed by atoms with Crippen molar-refractivity contribution in [2.75, 3.05) is 19.0 Å². The van der Waals surface area contributed by atoms with Gasteiger partial charge in [0.2, 0.25) is 0 Å². The van der Waals surface area contributed by atoms with Crippen LogP contribution in [0.5, 0.6) is 0 Å². The second-order valence-electron chi connectivity index (χ2n) is 3.65. The maximum Gasteiger partial charge on any atom is 0.0270 e. The predicted octanol–water partition coefficient (Wildman–Crippen LogP) is 2.60. The van der Waals surface area contributed by atoms with E-state index in [1.54, 1.807) is 0 Å². The van der Waals surface area contributed by atoms with Gasteiger partial charge in [0.05, 0.1) is 0 Å². The number of halogens is 1. The van der Waals surface area contributed by atoms with Crippen LogP contribution in [0.25, 0.3) is 0 Å². The summed E-state index contributed by atoms with van der Waals surface area (Å²) in [5.74, 6) is 2.05. The van der Waals surface area contributed by atoms with Crippen molar-refractivity contribution in [1.29, 1.82) is 0 Å². The van der Waals surface area contributed by atoms with Crippen LogP contribution in [0.1, 0.15) is 16.4 Å². The summed E-state index contributed by atoms with van der Waals surface area (Å²) in [4.78, 5) is 1.52. The number of rotatable bonds is 2. The second kappa shape index (κ2) is 3.99. The zero-order valence-electron chi connectivity index (χ0n) is 7.72. The number of hydrogen-bond acceptors (Lipinski definition) is 2. The molecule has 0 spiro atoms. The summed E-state index contributed by atoms with van der Waals surface area (Å²) in [7, 11) is 0. The van der Waals surface area contributed by atoms with Crippen molar-refractivity contribution < 1.29 is 0 Å². The minimum absolute atomic E-state index is 0.624. The molecule has 1 fully saturated rings. The Morgan fingerprint density at radius 3 is 3.08 bits per heavy atom. The minimum atomic E-state index is 0.624. The lowest BCUT2D eigenvalue weighted by atomic mass is 9.94. The molecular formula is C10H14ClNS. The van der Waals surface area contributed by atoms with Crippen molar-refractivity contribution in [2.45, 2.75) is 12.8 Å². The van der Waals surface area contributed by atoms with E-state index in [4.69, 9.17) is 11.6 Å². The molecule has 72 valence electrons. The zero-order valence-corrected chi connectivity index (χ0v) is 9.29. The fraction of sp³-hybridized carbons (Fsp3) is 0.600. The maximum absolute atomic E-state index is 5.94. The Kier molecular flexibility index (Phi) is 2.92. The monoisotopic (exact) mass is 215 g/mol. The van der Waals surface area contributed by atoms with E-state index >= 15 is 0 Å². The Labute approximate surface area is 88.1 Å². The number of thiophene rings is 1. The molecule has 1 aliphatic heterocycles. The lowest BCUT2D eigenvalue weighted by molar-refractivity contribution is 0.584. The van der Waals surface area contributed by atoms with E-state index in [0.29, 0.717) is 11.8 Å². The van der Waals surface area contributed by atoms with E-state index in [1.807, 2.05) is 11.3 Å². The molecular weight excluding hydrogens is 202 g/mol. The molecule has 0 bridgehead atoms. The van der Waals surface area contributed by atoms with Crippen molar-refractivity contribution in [3.8, 4) is 0 Å². The molecule has 0 saturated carbocycles. The molecule has 1 nitrogen and oxygen atoms in total. The molecule has 2 heterocycles. The highest BCUT2D eigenvalue weighted by atomic mass is 35.5.